The van der Waals surface area contributed by atoms with E-state index < -0.39 is 0 Å². The molecule has 2 aromatic rings. The summed E-state index contributed by atoms with van der Waals surface area (Å²) in [5.41, 5.74) is 2.59. The van der Waals surface area contributed by atoms with Crippen LogP contribution in [-0.4, -0.2) is 15.4 Å². The summed E-state index contributed by atoms with van der Waals surface area (Å²) in [6.07, 6.45) is 4.29. The molecule has 1 heterocycles. The molecule has 4 heteroatoms. The highest BCUT2D eigenvalue weighted by Crippen LogP contribution is 2.42. The standard InChI is InChI=1S/C15H18ClFN2/c1-10-8-13-12(9-11(10)17)18-14(4-7-16)19(13)15(2)5-3-6-15/h8-9H,3-7H2,1-2H3. The molecular weight excluding hydrogens is 263 g/mol. The minimum atomic E-state index is -0.187. The number of halogens is 2. The molecule has 1 aromatic heterocycles. The number of benzene rings is 1. The zero-order chi connectivity index (χ0) is 13.6. The molecule has 1 aliphatic rings. The number of fused-ring (bicyclic) bond motifs is 1. The molecule has 1 aromatic carbocycles. The molecule has 0 aliphatic heterocycles. The van der Waals surface area contributed by atoms with Gasteiger partial charge in [0.15, 0.2) is 0 Å². The zero-order valence-electron chi connectivity index (χ0n) is 11.3. The smallest absolute Gasteiger partial charge is 0.128 e. The van der Waals surface area contributed by atoms with E-state index in [0.29, 0.717) is 11.4 Å². The average Bonchev–Trinajstić information content (AvgIpc) is 2.65. The van der Waals surface area contributed by atoms with Crippen molar-refractivity contribution in [2.24, 2.45) is 0 Å². The van der Waals surface area contributed by atoms with Gasteiger partial charge in [-0.2, -0.15) is 0 Å². The Morgan fingerprint density at radius 1 is 1.42 bits per heavy atom. The molecule has 1 fully saturated rings. The van der Waals surface area contributed by atoms with Gasteiger partial charge in [-0.1, -0.05) is 0 Å². The highest BCUT2D eigenvalue weighted by molar-refractivity contribution is 6.17. The van der Waals surface area contributed by atoms with E-state index in [1.807, 2.05) is 6.07 Å². The van der Waals surface area contributed by atoms with Gasteiger partial charge >= 0.3 is 0 Å². The number of hydrogen-bond donors (Lipinski definition) is 0. The van der Waals surface area contributed by atoms with Crippen LogP contribution < -0.4 is 0 Å². The molecule has 19 heavy (non-hydrogen) atoms. The van der Waals surface area contributed by atoms with Gasteiger partial charge in [0.2, 0.25) is 0 Å². The monoisotopic (exact) mass is 280 g/mol. The Bertz CT molecular complexity index is 629. The topological polar surface area (TPSA) is 17.8 Å². The van der Waals surface area contributed by atoms with Crippen molar-refractivity contribution in [2.45, 2.75) is 45.1 Å². The maximum atomic E-state index is 13.7. The molecular formula is C15H18ClFN2. The average molecular weight is 281 g/mol. The fraction of sp³-hybridized carbons (Fsp3) is 0.533. The molecule has 3 rings (SSSR count). The first kappa shape index (κ1) is 12.9. The molecule has 0 atom stereocenters. The fourth-order valence-electron chi connectivity index (χ4n) is 3.02. The van der Waals surface area contributed by atoms with Gasteiger partial charge in [-0.25, -0.2) is 9.37 Å². The Balaban J connectivity index is 2.25. The summed E-state index contributed by atoms with van der Waals surface area (Å²) in [4.78, 5) is 4.59. The summed E-state index contributed by atoms with van der Waals surface area (Å²) in [6, 6.07) is 3.46. The number of rotatable bonds is 3. The molecule has 0 unspecified atom stereocenters. The maximum absolute atomic E-state index is 13.7. The zero-order valence-corrected chi connectivity index (χ0v) is 12.1. The van der Waals surface area contributed by atoms with Crippen molar-refractivity contribution in [2.75, 3.05) is 5.88 Å². The van der Waals surface area contributed by atoms with Crippen LogP contribution in [0.15, 0.2) is 12.1 Å². The third-order valence-corrected chi connectivity index (χ3v) is 4.48. The minimum absolute atomic E-state index is 0.125. The van der Waals surface area contributed by atoms with E-state index in [4.69, 9.17) is 11.6 Å². The van der Waals surface area contributed by atoms with Crippen molar-refractivity contribution >= 4 is 22.6 Å². The third kappa shape index (κ3) is 1.95. The van der Waals surface area contributed by atoms with Crippen molar-refractivity contribution in [3.8, 4) is 0 Å². The Hall–Kier alpha value is -1.09. The Morgan fingerprint density at radius 2 is 2.16 bits per heavy atom. The van der Waals surface area contributed by atoms with Gasteiger partial charge in [0.05, 0.1) is 11.0 Å². The first-order valence-corrected chi connectivity index (χ1v) is 7.32. The van der Waals surface area contributed by atoms with Crippen molar-refractivity contribution < 1.29 is 4.39 Å². The number of aromatic nitrogens is 2. The maximum Gasteiger partial charge on any atom is 0.128 e. The SMILES string of the molecule is Cc1cc2c(cc1F)nc(CCCl)n2C1(C)CCC1. The van der Waals surface area contributed by atoms with Gasteiger partial charge in [0.1, 0.15) is 11.6 Å². The largest absolute Gasteiger partial charge is 0.322 e. The van der Waals surface area contributed by atoms with Crippen LogP contribution in [0.2, 0.25) is 0 Å². The Morgan fingerprint density at radius 3 is 2.74 bits per heavy atom. The predicted octanol–water partition coefficient (Wildman–Crippen LogP) is 4.16. The summed E-state index contributed by atoms with van der Waals surface area (Å²) >= 11 is 5.88. The second-order valence-corrected chi connectivity index (χ2v) is 6.12. The van der Waals surface area contributed by atoms with Crippen LogP contribution in [0.1, 0.15) is 37.6 Å². The lowest BCUT2D eigenvalue weighted by Crippen LogP contribution is -2.38. The van der Waals surface area contributed by atoms with Gasteiger partial charge in [-0.15, -0.1) is 11.6 Å². The van der Waals surface area contributed by atoms with E-state index in [2.05, 4.69) is 16.5 Å². The molecule has 0 radical (unpaired) electrons. The summed E-state index contributed by atoms with van der Waals surface area (Å²) in [7, 11) is 0. The first-order chi connectivity index (χ1) is 9.05. The Labute approximate surface area is 117 Å². The lowest BCUT2D eigenvalue weighted by Gasteiger charge is -2.41. The van der Waals surface area contributed by atoms with E-state index in [1.165, 1.54) is 6.42 Å². The van der Waals surface area contributed by atoms with Crippen LogP contribution >= 0.6 is 11.6 Å². The Kier molecular flexibility index (Phi) is 3.05. The van der Waals surface area contributed by atoms with Crippen LogP contribution in [0.3, 0.4) is 0 Å². The van der Waals surface area contributed by atoms with Gasteiger partial charge in [0, 0.05) is 23.9 Å². The summed E-state index contributed by atoms with van der Waals surface area (Å²) < 4.78 is 16.0. The second-order valence-electron chi connectivity index (χ2n) is 5.74. The van der Waals surface area contributed by atoms with Crippen LogP contribution in [0, 0.1) is 12.7 Å². The van der Waals surface area contributed by atoms with Gasteiger partial charge < -0.3 is 4.57 Å². The third-order valence-electron chi connectivity index (χ3n) is 4.29. The molecule has 0 N–H and O–H groups in total. The lowest BCUT2D eigenvalue weighted by atomic mass is 9.78. The van der Waals surface area contributed by atoms with Crippen LogP contribution in [-0.2, 0) is 12.0 Å². The van der Waals surface area contributed by atoms with E-state index in [1.54, 1.807) is 13.0 Å². The highest BCUT2D eigenvalue weighted by Gasteiger charge is 2.36. The molecule has 1 saturated carbocycles. The van der Waals surface area contributed by atoms with Crippen LogP contribution in [0.4, 0.5) is 4.39 Å². The second kappa shape index (κ2) is 4.48. The molecule has 1 aliphatic carbocycles. The molecule has 102 valence electrons. The van der Waals surface area contributed by atoms with E-state index in [0.717, 1.165) is 36.1 Å². The molecule has 0 saturated heterocycles. The van der Waals surface area contributed by atoms with Gasteiger partial charge in [-0.3, -0.25) is 0 Å². The normalized spacial score (nSPS) is 17.7. The van der Waals surface area contributed by atoms with Crippen molar-refractivity contribution in [3.05, 3.63) is 29.3 Å². The quantitative estimate of drug-likeness (QED) is 0.772. The van der Waals surface area contributed by atoms with Crippen molar-refractivity contribution in [3.63, 3.8) is 0 Å². The van der Waals surface area contributed by atoms with Crippen LogP contribution in [0.25, 0.3) is 11.0 Å². The number of alkyl halides is 1. The summed E-state index contributed by atoms with van der Waals surface area (Å²) in [6.45, 7) is 4.06. The highest BCUT2D eigenvalue weighted by atomic mass is 35.5. The lowest BCUT2D eigenvalue weighted by molar-refractivity contribution is 0.170. The van der Waals surface area contributed by atoms with Crippen molar-refractivity contribution in [1.82, 2.24) is 9.55 Å². The molecule has 0 amide bonds. The predicted molar refractivity (Wildman–Crippen MR) is 76.4 cm³/mol. The summed E-state index contributed by atoms with van der Waals surface area (Å²) in [5.74, 6) is 1.34. The van der Waals surface area contributed by atoms with Crippen LogP contribution in [0.5, 0.6) is 0 Å². The fourth-order valence-corrected chi connectivity index (χ4v) is 3.19. The first-order valence-electron chi connectivity index (χ1n) is 6.79. The number of hydrogen-bond acceptors (Lipinski definition) is 1. The minimum Gasteiger partial charge on any atom is -0.322 e. The van der Waals surface area contributed by atoms with Crippen molar-refractivity contribution in [1.29, 1.82) is 0 Å². The van der Waals surface area contributed by atoms with Gasteiger partial charge in [0.25, 0.3) is 0 Å². The molecule has 0 bridgehead atoms. The molecule has 2 nitrogen and oxygen atoms in total. The number of imidazole rings is 1. The summed E-state index contributed by atoms with van der Waals surface area (Å²) in [5, 5.41) is 0. The van der Waals surface area contributed by atoms with E-state index in [-0.39, 0.29) is 11.4 Å². The number of aryl methyl sites for hydroxylation is 2. The van der Waals surface area contributed by atoms with E-state index in [9.17, 15) is 4.39 Å². The molecule has 0 spiro atoms. The van der Waals surface area contributed by atoms with Gasteiger partial charge in [-0.05, 0) is 44.7 Å². The van der Waals surface area contributed by atoms with E-state index >= 15 is 0 Å². The number of nitrogens with zero attached hydrogens (tertiary/aromatic N) is 2.